The van der Waals surface area contributed by atoms with Crippen molar-refractivity contribution in [2.45, 2.75) is 18.9 Å². The molecule has 0 aliphatic rings. The van der Waals surface area contributed by atoms with E-state index < -0.39 is 23.6 Å². The molecule has 0 spiro atoms. The van der Waals surface area contributed by atoms with Gasteiger partial charge < -0.3 is 19.9 Å². The molecule has 0 aliphatic heterocycles. The van der Waals surface area contributed by atoms with E-state index in [0.29, 0.717) is 0 Å². The normalized spacial score (nSPS) is 14.4. The summed E-state index contributed by atoms with van der Waals surface area (Å²) in [5.74, 6) is -0.935. The van der Waals surface area contributed by atoms with Gasteiger partial charge in [-0.2, -0.15) is 0 Å². The van der Waals surface area contributed by atoms with Crippen molar-refractivity contribution in [3.8, 4) is 5.75 Å². The molecule has 21 heavy (non-hydrogen) atoms. The quantitative estimate of drug-likeness (QED) is 0.839. The summed E-state index contributed by atoms with van der Waals surface area (Å²) in [6, 6.07) is 4.47. The molecule has 0 aromatic heterocycles. The van der Waals surface area contributed by atoms with Gasteiger partial charge in [0.05, 0.1) is 6.61 Å². The van der Waals surface area contributed by atoms with Crippen LogP contribution in [0.2, 0.25) is 0 Å². The summed E-state index contributed by atoms with van der Waals surface area (Å²) < 4.78 is 44.4. The summed E-state index contributed by atoms with van der Waals surface area (Å²) in [6.45, 7) is 1.46. The Bertz CT molecular complexity index is 471. The maximum absolute atomic E-state index is 12.0. The van der Waals surface area contributed by atoms with Gasteiger partial charge in [0.1, 0.15) is 11.4 Å². The van der Waals surface area contributed by atoms with Crippen LogP contribution < -0.4 is 10.1 Å². The van der Waals surface area contributed by atoms with Crippen LogP contribution in [-0.4, -0.2) is 43.2 Å². The molecule has 2 N–H and O–H groups in total. The molecule has 5 nitrogen and oxygen atoms in total. The zero-order valence-corrected chi connectivity index (χ0v) is 11.5. The molecule has 0 saturated carbocycles. The second-order valence-corrected chi connectivity index (χ2v) is 4.68. The van der Waals surface area contributed by atoms with Gasteiger partial charge in [-0.1, -0.05) is 0 Å². The molecule has 8 heteroatoms. The Morgan fingerprint density at radius 2 is 1.86 bits per heavy atom. The molecular formula is C13H16F3NO4. The largest absolute Gasteiger partial charge is 0.573 e. The molecule has 0 heterocycles. The maximum atomic E-state index is 12.0. The highest BCUT2D eigenvalue weighted by molar-refractivity contribution is 5.94. The van der Waals surface area contributed by atoms with Crippen molar-refractivity contribution in [3.63, 3.8) is 0 Å². The molecule has 0 unspecified atom stereocenters. The molecule has 1 amide bonds. The van der Waals surface area contributed by atoms with Crippen molar-refractivity contribution in [2.75, 3.05) is 20.3 Å². The van der Waals surface area contributed by atoms with Crippen LogP contribution in [0.5, 0.6) is 5.75 Å². The molecule has 118 valence electrons. The van der Waals surface area contributed by atoms with Crippen LogP contribution >= 0.6 is 0 Å². The first-order valence-electron chi connectivity index (χ1n) is 5.98. The van der Waals surface area contributed by atoms with E-state index in [9.17, 15) is 23.1 Å². The topological polar surface area (TPSA) is 67.8 Å². The second-order valence-electron chi connectivity index (χ2n) is 4.68. The van der Waals surface area contributed by atoms with E-state index in [1.54, 1.807) is 0 Å². The molecule has 1 atom stereocenters. The first kappa shape index (κ1) is 17.3. The average molecular weight is 307 g/mol. The molecular weight excluding hydrogens is 291 g/mol. The summed E-state index contributed by atoms with van der Waals surface area (Å²) in [7, 11) is 1.41. The number of carbonyl (C=O) groups excluding carboxylic acids is 1. The smallest absolute Gasteiger partial charge is 0.406 e. The molecule has 1 rings (SSSR count). The van der Waals surface area contributed by atoms with Crippen LogP contribution in [-0.2, 0) is 4.74 Å². The number of hydrogen-bond donors (Lipinski definition) is 2. The summed E-state index contributed by atoms with van der Waals surface area (Å²) in [6.07, 6.45) is -4.78. The predicted molar refractivity (Wildman–Crippen MR) is 68.0 cm³/mol. The number of hydrogen-bond acceptors (Lipinski definition) is 4. The number of rotatable bonds is 6. The standard InChI is InChI=1S/C13H16F3NO4/c1-12(19,8-20-2)7-17-11(18)9-3-5-10(6-4-9)21-13(14,15)16/h3-6,19H,7-8H2,1-2H3,(H,17,18)/t12-/m1/s1. The van der Waals surface area contributed by atoms with E-state index in [1.165, 1.54) is 26.2 Å². The highest BCUT2D eigenvalue weighted by atomic mass is 19.4. The van der Waals surface area contributed by atoms with Crippen molar-refractivity contribution in [3.05, 3.63) is 29.8 Å². The Hall–Kier alpha value is -1.80. The number of aliphatic hydroxyl groups is 1. The number of carbonyl (C=O) groups is 1. The average Bonchev–Trinajstić information content (AvgIpc) is 2.35. The second kappa shape index (κ2) is 6.77. The number of alkyl halides is 3. The summed E-state index contributed by atoms with van der Waals surface area (Å²) >= 11 is 0. The zero-order valence-electron chi connectivity index (χ0n) is 11.5. The number of halogens is 3. The van der Waals surface area contributed by atoms with Gasteiger partial charge in [-0.15, -0.1) is 13.2 Å². The van der Waals surface area contributed by atoms with E-state index in [4.69, 9.17) is 4.74 Å². The van der Waals surface area contributed by atoms with Gasteiger partial charge in [0.2, 0.25) is 0 Å². The monoisotopic (exact) mass is 307 g/mol. The van der Waals surface area contributed by atoms with E-state index in [-0.39, 0.29) is 18.7 Å². The number of nitrogens with one attached hydrogen (secondary N) is 1. The van der Waals surface area contributed by atoms with Gasteiger partial charge in [0.15, 0.2) is 0 Å². The highest BCUT2D eigenvalue weighted by Gasteiger charge is 2.31. The fraction of sp³-hybridized carbons (Fsp3) is 0.462. The lowest BCUT2D eigenvalue weighted by Crippen LogP contribution is -2.43. The van der Waals surface area contributed by atoms with Crippen molar-refractivity contribution in [1.29, 1.82) is 0 Å². The predicted octanol–water partition coefficient (Wildman–Crippen LogP) is 1.71. The fourth-order valence-electron chi connectivity index (χ4n) is 1.54. The number of methoxy groups -OCH3 is 1. The van der Waals surface area contributed by atoms with E-state index in [1.807, 2.05) is 0 Å². The van der Waals surface area contributed by atoms with Crippen molar-refractivity contribution >= 4 is 5.91 Å². The third-order valence-corrected chi connectivity index (χ3v) is 2.44. The SMILES string of the molecule is COC[C@](C)(O)CNC(=O)c1ccc(OC(F)(F)F)cc1. The van der Waals surface area contributed by atoms with Gasteiger partial charge in [-0.05, 0) is 31.2 Å². The Balaban J connectivity index is 2.59. The summed E-state index contributed by atoms with van der Waals surface area (Å²) in [4.78, 5) is 11.8. The lowest BCUT2D eigenvalue weighted by atomic mass is 10.1. The summed E-state index contributed by atoms with van der Waals surface area (Å²) in [5, 5.41) is 12.3. The number of benzene rings is 1. The van der Waals surface area contributed by atoms with Crippen LogP contribution in [0.1, 0.15) is 17.3 Å². The molecule has 0 radical (unpaired) electrons. The van der Waals surface area contributed by atoms with Crippen molar-refractivity contribution < 1.29 is 32.5 Å². The molecule has 0 bridgehead atoms. The molecule has 0 fully saturated rings. The Morgan fingerprint density at radius 1 is 1.29 bits per heavy atom. The van der Waals surface area contributed by atoms with Crippen LogP contribution in [0.15, 0.2) is 24.3 Å². The van der Waals surface area contributed by atoms with Crippen molar-refractivity contribution in [1.82, 2.24) is 5.32 Å². The highest BCUT2D eigenvalue weighted by Crippen LogP contribution is 2.22. The van der Waals surface area contributed by atoms with Gasteiger partial charge in [0.25, 0.3) is 5.91 Å². The third-order valence-electron chi connectivity index (χ3n) is 2.44. The minimum atomic E-state index is -4.78. The van der Waals surface area contributed by atoms with Gasteiger partial charge >= 0.3 is 6.36 Å². The van der Waals surface area contributed by atoms with E-state index in [0.717, 1.165) is 12.1 Å². The molecule has 0 aliphatic carbocycles. The minimum Gasteiger partial charge on any atom is -0.406 e. The number of amides is 1. The Kier molecular flexibility index (Phi) is 5.56. The van der Waals surface area contributed by atoms with Gasteiger partial charge in [-0.3, -0.25) is 4.79 Å². The first-order chi connectivity index (χ1) is 9.63. The maximum Gasteiger partial charge on any atom is 0.573 e. The van der Waals surface area contributed by atoms with E-state index in [2.05, 4.69) is 10.1 Å². The van der Waals surface area contributed by atoms with Crippen LogP contribution in [0.3, 0.4) is 0 Å². The van der Waals surface area contributed by atoms with Crippen LogP contribution in [0.25, 0.3) is 0 Å². The minimum absolute atomic E-state index is 0.0334. The van der Waals surface area contributed by atoms with Gasteiger partial charge in [0, 0.05) is 19.2 Å². The summed E-state index contributed by atoms with van der Waals surface area (Å²) in [5.41, 5.74) is -1.08. The van der Waals surface area contributed by atoms with Crippen LogP contribution in [0.4, 0.5) is 13.2 Å². The molecule has 1 aromatic rings. The van der Waals surface area contributed by atoms with E-state index >= 15 is 0 Å². The number of ether oxygens (including phenoxy) is 2. The lowest BCUT2D eigenvalue weighted by molar-refractivity contribution is -0.274. The van der Waals surface area contributed by atoms with Crippen LogP contribution in [0, 0.1) is 0 Å². The Morgan fingerprint density at radius 3 is 2.33 bits per heavy atom. The zero-order chi connectivity index (χ0) is 16.1. The fourth-order valence-corrected chi connectivity index (χ4v) is 1.54. The lowest BCUT2D eigenvalue weighted by Gasteiger charge is -2.22. The van der Waals surface area contributed by atoms with Gasteiger partial charge in [-0.25, -0.2) is 0 Å². The van der Waals surface area contributed by atoms with Crippen molar-refractivity contribution in [2.24, 2.45) is 0 Å². The first-order valence-corrected chi connectivity index (χ1v) is 5.98. The third kappa shape index (κ3) is 6.46. The Labute approximate surface area is 119 Å². The molecule has 1 aromatic carbocycles. The molecule has 0 saturated heterocycles.